The van der Waals surface area contributed by atoms with Crippen LogP contribution in [0.15, 0.2) is 47.4 Å². The highest BCUT2D eigenvalue weighted by Gasteiger charge is 2.31. The van der Waals surface area contributed by atoms with Crippen LogP contribution < -0.4 is 14.8 Å². The summed E-state index contributed by atoms with van der Waals surface area (Å²) in [6.07, 6.45) is 2.36. The Morgan fingerprint density at radius 2 is 1.97 bits per heavy atom. The fourth-order valence-corrected chi connectivity index (χ4v) is 4.28. The zero-order valence-corrected chi connectivity index (χ0v) is 18.6. The zero-order valence-electron chi connectivity index (χ0n) is 17.0. The number of nitrogens with zero attached hydrogens (tertiary/aromatic N) is 1. The molecular weight excluding hydrogens is 439 g/mol. The molecule has 0 spiro atoms. The van der Waals surface area contributed by atoms with Gasteiger partial charge in [-0.3, -0.25) is 14.5 Å². The van der Waals surface area contributed by atoms with Gasteiger partial charge in [-0.15, -0.1) is 0 Å². The molecule has 9 heteroatoms. The molecule has 1 aliphatic rings. The average molecular weight is 461 g/mol. The minimum atomic E-state index is -0.420. The van der Waals surface area contributed by atoms with E-state index in [0.29, 0.717) is 39.4 Å². The fourth-order valence-electron chi connectivity index (χ4n) is 2.97. The lowest BCUT2D eigenvalue weighted by atomic mass is 10.2. The third-order valence-corrected chi connectivity index (χ3v) is 5.85. The van der Waals surface area contributed by atoms with E-state index in [4.69, 9.17) is 21.7 Å². The summed E-state index contributed by atoms with van der Waals surface area (Å²) < 4.78 is 24.2. The highest BCUT2D eigenvalue weighted by Crippen LogP contribution is 2.34. The van der Waals surface area contributed by atoms with Gasteiger partial charge >= 0.3 is 0 Å². The highest BCUT2D eigenvalue weighted by atomic mass is 32.2. The molecule has 0 unspecified atom stereocenters. The van der Waals surface area contributed by atoms with E-state index in [9.17, 15) is 14.0 Å². The first-order valence-electron chi connectivity index (χ1n) is 9.44. The van der Waals surface area contributed by atoms with E-state index in [1.807, 2.05) is 6.07 Å². The number of methoxy groups -OCH3 is 2. The Morgan fingerprint density at radius 3 is 2.68 bits per heavy atom. The number of thiocarbonyl (C=S) groups is 1. The van der Waals surface area contributed by atoms with Gasteiger partial charge in [0.25, 0.3) is 5.91 Å². The number of rotatable bonds is 8. The van der Waals surface area contributed by atoms with Crippen LogP contribution in [0.2, 0.25) is 0 Å². The van der Waals surface area contributed by atoms with Crippen molar-refractivity contribution in [1.82, 2.24) is 4.90 Å². The molecule has 1 heterocycles. The number of benzene rings is 2. The Hall–Kier alpha value is -2.91. The standard InChI is InChI=1S/C22H21FN2O4S2/c1-28-17-9-8-14(11-18(17)29-2)12-19-21(27)25(22(30)31-19)10-4-7-20(26)24-16-6-3-5-15(23)13-16/h3,5-6,8-9,11-13H,4,7,10H2,1-2H3,(H,24,26)/b19-12+. The van der Waals surface area contributed by atoms with Crippen molar-refractivity contribution < 1.29 is 23.5 Å². The van der Waals surface area contributed by atoms with Crippen LogP contribution in [0.4, 0.5) is 10.1 Å². The quantitative estimate of drug-likeness (QED) is 0.463. The number of carbonyl (C=O) groups is 2. The number of anilines is 1. The van der Waals surface area contributed by atoms with E-state index < -0.39 is 5.82 Å². The first-order valence-corrected chi connectivity index (χ1v) is 10.7. The van der Waals surface area contributed by atoms with E-state index in [0.717, 1.165) is 5.56 Å². The molecule has 1 aliphatic heterocycles. The van der Waals surface area contributed by atoms with Gasteiger partial charge in [-0.25, -0.2) is 4.39 Å². The summed E-state index contributed by atoms with van der Waals surface area (Å²) in [5.41, 5.74) is 1.18. The molecule has 0 aliphatic carbocycles. The van der Waals surface area contributed by atoms with Crippen LogP contribution >= 0.6 is 24.0 Å². The lowest BCUT2D eigenvalue weighted by molar-refractivity contribution is -0.122. The molecule has 162 valence electrons. The molecular formula is C22H21FN2O4S2. The summed E-state index contributed by atoms with van der Waals surface area (Å²) in [5.74, 6) is 0.295. The minimum Gasteiger partial charge on any atom is -0.493 e. The molecule has 0 bridgehead atoms. The van der Waals surface area contributed by atoms with Crippen molar-refractivity contribution in [1.29, 1.82) is 0 Å². The molecule has 2 amide bonds. The fraction of sp³-hybridized carbons (Fsp3) is 0.227. The predicted molar refractivity (Wildman–Crippen MR) is 124 cm³/mol. The third kappa shape index (κ3) is 5.83. The zero-order chi connectivity index (χ0) is 22.4. The van der Waals surface area contributed by atoms with Crippen LogP contribution in [0.5, 0.6) is 11.5 Å². The van der Waals surface area contributed by atoms with Crippen molar-refractivity contribution in [2.24, 2.45) is 0 Å². The monoisotopic (exact) mass is 460 g/mol. The van der Waals surface area contributed by atoms with E-state index in [-0.39, 0.29) is 18.2 Å². The molecule has 2 aromatic rings. The Morgan fingerprint density at radius 1 is 1.19 bits per heavy atom. The summed E-state index contributed by atoms with van der Waals surface area (Å²) in [4.78, 5) is 26.8. The van der Waals surface area contributed by atoms with Gasteiger partial charge in [-0.05, 0) is 48.4 Å². The number of hydrogen-bond donors (Lipinski definition) is 1. The molecule has 6 nitrogen and oxygen atoms in total. The SMILES string of the molecule is COc1ccc(/C=C2/SC(=S)N(CCCC(=O)Nc3cccc(F)c3)C2=O)cc1OC. The van der Waals surface area contributed by atoms with Crippen LogP contribution in [0.3, 0.4) is 0 Å². The number of halogens is 1. The van der Waals surface area contributed by atoms with Gasteiger partial charge in [0.2, 0.25) is 5.91 Å². The van der Waals surface area contributed by atoms with E-state index >= 15 is 0 Å². The number of amides is 2. The van der Waals surface area contributed by atoms with Gasteiger partial charge in [-0.2, -0.15) is 0 Å². The summed E-state index contributed by atoms with van der Waals surface area (Å²) in [6.45, 7) is 0.324. The third-order valence-electron chi connectivity index (χ3n) is 4.47. The van der Waals surface area contributed by atoms with Gasteiger partial charge < -0.3 is 14.8 Å². The molecule has 1 N–H and O–H groups in total. The van der Waals surface area contributed by atoms with Gasteiger partial charge in [0.15, 0.2) is 11.5 Å². The summed E-state index contributed by atoms with van der Waals surface area (Å²) in [5, 5.41) is 2.64. The first-order chi connectivity index (χ1) is 14.9. The second kappa shape index (κ2) is 10.4. The van der Waals surface area contributed by atoms with Gasteiger partial charge in [0.05, 0.1) is 19.1 Å². The van der Waals surface area contributed by atoms with Crippen molar-refractivity contribution in [3.63, 3.8) is 0 Å². The minimum absolute atomic E-state index is 0.183. The van der Waals surface area contributed by atoms with Crippen LogP contribution in [0.25, 0.3) is 6.08 Å². The largest absolute Gasteiger partial charge is 0.493 e. The maximum absolute atomic E-state index is 13.2. The molecule has 3 rings (SSSR count). The maximum Gasteiger partial charge on any atom is 0.266 e. The average Bonchev–Trinajstić information content (AvgIpc) is 3.01. The number of ether oxygens (including phenoxy) is 2. The van der Waals surface area contributed by atoms with Crippen molar-refractivity contribution in [3.05, 3.63) is 58.8 Å². The lowest BCUT2D eigenvalue weighted by Crippen LogP contribution is -2.29. The van der Waals surface area contributed by atoms with Crippen LogP contribution in [-0.4, -0.2) is 41.8 Å². The van der Waals surface area contributed by atoms with Gasteiger partial charge in [0, 0.05) is 18.7 Å². The van der Waals surface area contributed by atoms with Crippen molar-refractivity contribution in [3.8, 4) is 11.5 Å². The number of thioether (sulfide) groups is 1. The highest BCUT2D eigenvalue weighted by molar-refractivity contribution is 8.26. The Kier molecular flexibility index (Phi) is 7.64. The van der Waals surface area contributed by atoms with Crippen LogP contribution in [0.1, 0.15) is 18.4 Å². The molecule has 0 radical (unpaired) electrons. The molecule has 1 fully saturated rings. The second-order valence-corrected chi connectivity index (χ2v) is 8.29. The number of carbonyl (C=O) groups excluding carboxylic acids is 2. The Balaban J connectivity index is 1.57. The second-order valence-electron chi connectivity index (χ2n) is 6.61. The van der Waals surface area contributed by atoms with E-state index in [2.05, 4.69) is 5.32 Å². The van der Waals surface area contributed by atoms with Crippen molar-refractivity contribution in [2.75, 3.05) is 26.1 Å². The maximum atomic E-state index is 13.2. The summed E-state index contributed by atoms with van der Waals surface area (Å²) >= 11 is 6.56. The lowest BCUT2D eigenvalue weighted by Gasteiger charge is -2.14. The molecule has 0 atom stereocenters. The Labute approximate surface area is 189 Å². The molecule has 2 aromatic carbocycles. The van der Waals surface area contributed by atoms with Gasteiger partial charge in [-0.1, -0.05) is 36.1 Å². The number of hydrogen-bond acceptors (Lipinski definition) is 6. The molecule has 1 saturated heterocycles. The summed E-state index contributed by atoms with van der Waals surface area (Å²) in [7, 11) is 3.10. The predicted octanol–water partition coefficient (Wildman–Crippen LogP) is 4.46. The van der Waals surface area contributed by atoms with Crippen LogP contribution in [0, 0.1) is 5.82 Å². The first kappa shape index (κ1) is 22.8. The van der Waals surface area contributed by atoms with Crippen molar-refractivity contribution >= 4 is 51.9 Å². The topological polar surface area (TPSA) is 67.9 Å². The number of nitrogens with one attached hydrogen (secondary N) is 1. The van der Waals surface area contributed by atoms with E-state index in [1.54, 1.807) is 38.5 Å². The van der Waals surface area contributed by atoms with Crippen molar-refractivity contribution in [2.45, 2.75) is 12.8 Å². The molecule has 0 aromatic heterocycles. The summed E-state index contributed by atoms with van der Waals surface area (Å²) in [6, 6.07) is 11.1. The van der Waals surface area contributed by atoms with E-state index in [1.165, 1.54) is 34.9 Å². The molecule has 31 heavy (non-hydrogen) atoms. The smallest absolute Gasteiger partial charge is 0.266 e. The Bertz CT molecular complexity index is 1040. The van der Waals surface area contributed by atoms with Gasteiger partial charge in [0.1, 0.15) is 10.1 Å². The normalized spacial score (nSPS) is 14.8. The van der Waals surface area contributed by atoms with Crippen LogP contribution in [-0.2, 0) is 9.59 Å². The molecule has 0 saturated carbocycles.